The molecular weight excluding hydrogens is 439 g/mol. The van der Waals surface area contributed by atoms with Gasteiger partial charge in [-0.3, -0.25) is 4.79 Å². The summed E-state index contributed by atoms with van der Waals surface area (Å²) in [5.74, 6) is -2.81. The second-order valence-electron chi connectivity index (χ2n) is 7.55. The molecule has 0 saturated carbocycles. The number of halogens is 5. The van der Waals surface area contributed by atoms with Gasteiger partial charge in [-0.15, -0.1) is 0 Å². The van der Waals surface area contributed by atoms with Crippen LogP contribution in [0.4, 0.5) is 22.0 Å². The fraction of sp³-hybridized carbons (Fsp3) is 0.240. The van der Waals surface area contributed by atoms with Crippen molar-refractivity contribution in [2.75, 3.05) is 13.6 Å². The first-order valence-electron chi connectivity index (χ1n) is 10.3. The zero-order valence-corrected chi connectivity index (χ0v) is 17.8. The number of benzene rings is 3. The van der Waals surface area contributed by atoms with Crippen LogP contribution in [0.25, 0.3) is 0 Å². The molecule has 8 heteroatoms. The van der Waals surface area contributed by atoms with E-state index in [0.717, 1.165) is 29.8 Å². The van der Waals surface area contributed by atoms with Crippen molar-refractivity contribution in [3.05, 3.63) is 107 Å². The number of hydrogen-bond donors (Lipinski definition) is 2. The summed E-state index contributed by atoms with van der Waals surface area (Å²) in [4.78, 5) is 12.4. The van der Waals surface area contributed by atoms with Gasteiger partial charge in [0, 0.05) is 13.0 Å². The molecule has 33 heavy (non-hydrogen) atoms. The maximum atomic E-state index is 13.9. The average Bonchev–Trinajstić information content (AvgIpc) is 2.81. The van der Waals surface area contributed by atoms with Gasteiger partial charge in [0.25, 0.3) is 0 Å². The highest BCUT2D eigenvalue weighted by Crippen LogP contribution is 2.33. The van der Waals surface area contributed by atoms with Crippen molar-refractivity contribution >= 4 is 5.91 Å². The quantitative estimate of drug-likeness (QED) is 0.429. The number of hydrogen-bond acceptors (Lipinski definition) is 2. The van der Waals surface area contributed by atoms with E-state index in [-0.39, 0.29) is 12.5 Å². The molecule has 3 nitrogen and oxygen atoms in total. The largest absolute Gasteiger partial charge is 0.416 e. The molecular formula is C25H23F5N2O. The Hall–Kier alpha value is -3.26. The Morgan fingerprint density at radius 3 is 2.06 bits per heavy atom. The molecule has 1 amide bonds. The van der Waals surface area contributed by atoms with Crippen LogP contribution in [-0.2, 0) is 11.0 Å². The molecule has 0 radical (unpaired) electrons. The van der Waals surface area contributed by atoms with Crippen LogP contribution in [0, 0.1) is 11.6 Å². The van der Waals surface area contributed by atoms with Crippen molar-refractivity contribution < 1.29 is 26.7 Å². The molecule has 0 spiro atoms. The van der Waals surface area contributed by atoms with Crippen LogP contribution >= 0.6 is 0 Å². The van der Waals surface area contributed by atoms with Gasteiger partial charge in [-0.2, -0.15) is 13.2 Å². The van der Waals surface area contributed by atoms with Crippen LogP contribution in [0.1, 0.15) is 40.6 Å². The van der Waals surface area contributed by atoms with Crippen LogP contribution in [0.2, 0.25) is 0 Å². The SMILES string of the molecule is CNC(=O)[C@H](NCC[C@@H](c1ccc(C(F)(F)F)cc1)c1ccc(F)c(F)c1)c1ccccc1. The highest BCUT2D eigenvalue weighted by molar-refractivity contribution is 5.82. The van der Waals surface area contributed by atoms with E-state index in [1.807, 2.05) is 6.07 Å². The topological polar surface area (TPSA) is 41.1 Å². The highest BCUT2D eigenvalue weighted by atomic mass is 19.4. The summed E-state index contributed by atoms with van der Waals surface area (Å²) in [5.41, 5.74) is 0.895. The molecule has 3 aromatic rings. The van der Waals surface area contributed by atoms with Gasteiger partial charge in [-0.25, -0.2) is 8.78 Å². The van der Waals surface area contributed by atoms with Crippen LogP contribution in [-0.4, -0.2) is 19.5 Å². The first-order valence-corrected chi connectivity index (χ1v) is 10.3. The Balaban J connectivity index is 1.85. The third kappa shape index (κ3) is 6.16. The van der Waals surface area contributed by atoms with E-state index in [1.54, 1.807) is 24.3 Å². The summed E-state index contributed by atoms with van der Waals surface area (Å²) in [5, 5.41) is 5.76. The number of nitrogens with one attached hydrogen (secondary N) is 2. The number of carbonyl (C=O) groups is 1. The molecule has 0 aromatic heterocycles. The molecule has 0 aliphatic heterocycles. The van der Waals surface area contributed by atoms with Gasteiger partial charge < -0.3 is 10.6 Å². The lowest BCUT2D eigenvalue weighted by Crippen LogP contribution is -2.36. The summed E-state index contributed by atoms with van der Waals surface area (Å²) in [6.45, 7) is 0.289. The van der Waals surface area contributed by atoms with E-state index >= 15 is 0 Å². The highest BCUT2D eigenvalue weighted by Gasteiger charge is 2.30. The molecule has 2 N–H and O–H groups in total. The summed E-state index contributed by atoms with van der Waals surface area (Å²) in [6, 6.07) is 16.4. The zero-order chi connectivity index (χ0) is 24.0. The second kappa shape index (κ2) is 10.6. The van der Waals surface area contributed by atoms with Gasteiger partial charge in [0.05, 0.1) is 5.56 Å². The smallest absolute Gasteiger partial charge is 0.358 e. The molecule has 0 fully saturated rings. The third-order valence-corrected chi connectivity index (χ3v) is 5.41. The van der Waals surface area contributed by atoms with Crippen molar-refractivity contribution in [2.45, 2.75) is 24.6 Å². The molecule has 0 aliphatic carbocycles. The third-order valence-electron chi connectivity index (χ3n) is 5.41. The van der Waals surface area contributed by atoms with E-state index in [2.05, 4.69) is 10.6 Å². The molecule has 0 bridgehead atoms. The molecule has 174 valence electrons. The molecule has 0 aliphatic rings. The van der Waals surface area contributed by atoms with E-state index in [0.29, 0.717) is 17.5 Å². The first kappa shape index (κ1) is 24.4. The number of likely N-dealkylation sites (N-methyl/N-ethyl adjacent to an activating group) is 1. The Kier molecular flexibility index (Phi) is 7.81. The van der Waals surface area contributed by atoms with E-state index in [1.165, 1.54) is 25.2 Å². The van der Waals surface area contributed by atoms with Gasteiger partial charge in [-0.1, -0.05) is 48.5 Å². The van der Waals surface area contributed by atoms with Gasteiger partial charge in [0.15, 0.2) is 11.6 Å². The molecule has 0 saturated heterocycles. The summed E-state index contributed by atoms with van der Waals surface area (Å²) in [7, 11) is 1.52. The normalized spacial score (nSPS) is 13.4. The minimum atomic E-state index is -4.48. The Morgan fingerprint density at radius 2 is 1.48 bits per heavy atom. The minimum Gasteiger partial charge on any atom is -0.358 e. The molecule has 0 heterocycles. The summed E-state index contributed by atoms with van der Waals surface area (Å²) in [6.07, 6.45) is -4.15. The predicted molar refractivity (Wildman–Crippen MR) is 116 cm³/mol. The van der Waals surface area contributed by atoms with Crippen molar-refractivity contribution in [3.8, 4) is 0 Å². The molecule has 0 unspecified atom stereocenters. The number of rotatable bonds is 8. The predicted octanol–water partition coefficient (Wildman–Crippen LogP) is 5.58. The lowest BCUT2D eigenvalue weighted by atomic mass is 9.87. The fourth-order valence-corrected chi connectivity index (χ4v) is 3.68. The van der Waals surface area contributed by atoms with Crippen LogP contribution in [0.15, 0.2) is 72.8 Å². The van der Waals surface area contributed by atoms with Crippen molar-refractivity contribution in [2.24, 2.45) is 0 Å². The van der Waals surface area contributed by atoms with Gasteiger partial charge in [0.2, 0.25) is 5.91 Å². The maximum absolute atomic E-state index is 13.9. The fourth-order valence-electron chi connectivity index (χ4n) is 3.68. The average molecular weight is 462 g/mol. The maximum Gasteiger partial charge on any atom is 0.416 e. The lowest BCUT2D eigenvalue weighted by molar-refractivity contribution is -0.137. The van der Waals surface area contributed by atoms with E-state index < -0.39 is 35.3 Å². The van der Waals surface area contributed by atoms with Gasteiger partial charge >= 0.3 is 6.18 Å². The van der Waals surface area contributed by atoms with E-state index in [4.69, 9.17) is 0 Å². The standard InChI is InChI=1S/C25H23F5N2O/c1-31-24(33)23(17-5-3-2-4-6-17)32-14-13-20(18-9-12-21(26)22(27)15-18)16-7-10-19(11-8-16)25(28,29)30/h2-12,15,20,23,32H,13-14H2,1H3,(H,31,33)/t20-,23+/m0/s1. The zero-order valence-electron chi connectivity index (χ0n) is 17.8. The molecule has 3 aromatic carbocycles. The van der Waals surface area contributed by atoms with Gasteiger partial charge in [-0.05, 0) is 53.9 Å². The van der Waals surface area contributed by atoms with Crippen molar-refractivity contribution in [3.63, 3.8) is 0 Å². The Labute approximate surface area is 188 Å². The Morgan fingerprint density at radius 1 is 0.848 bits per heavy atom. The first-order chi connectivity index (χ1) is 15.7. The minimum absolute atomic E-state index is 0.250. The number of carbonyl (C=O) groups excluding carboxylic acids is 1. The van der Waals surface area contributed by atoms with Crippen molar-refractivity contribution in [1.29, 1.82) is 0 Å². The van der Waals surface area contributed by atoms with Gasteiger partial charge in [0.1, 0.15) is 6.04 Å². The van der Waals surface area contributed by atoms with Crippen LogP contribution in [0.5, 0.6) is 0 Å². The lowest BCUT2D eigenvalue weighted by Gasteiger charge is -2.22. The summed E-state index contributed by atoms with van der Waals surface area (Å²) < 4.78 is 66.3. The second-order valence-corrected chi connectivity index (χ2v) is 7.55. The van der Waals surface area contributed by atoms with Crippen LogP contribution < -0.4 is 10.6 Å². The number of amides is 1. The summed E-state index contributed by atoms with van der Waals surface area (Å²) >= 11 is 0. The van der Waals surface area contributed by atoms with E-state index in [9.17, 15) is 26.7 Å². The molecule has 2 atom stereocenters. The molecule has 3 rings (SSSR count). The van der Waals surface area contributed by atoms with Crippen LogP contribution in [0.3, 0.4) is 0 Å². The monoisotopic (exact) mass is 462 g/mol. The van der Waals surface area contributed by atoms with Crippen molar-refractivity contribution in [1.82, 2.24) is 10.6 Å². The Bertz CT molecular complexity index is 1070. The number of alkyl halides is 3.